The Kier molecular flexibility index (Phi) is 20.4. The summed E-state index contributed by atoms with van der Waals surface area (Å²) < 4.78 is 5.32. The van der Waals surface area contributed by atoms with Crippen LogP contribution in [0.15, 0.2) is 0 Å². The Morgan fingerprint density at radius 2 is 1.12 bits per heavy atom. The molecule has 0 rings (SSSR count). The Morgan fingerprint density at radius 3 is 1.62 bits per heavy atom. The van der Waals surface area contributed by atoms with Gasteiger partial charge < -0.3 is 4.74 Å². The van der Waals surface area contributed by atoms with Crippen LogP contribution >= 0.6 is 0 Å². The molecule has 0 aromatic carbocycles. The van der Waals surface area contributed by atoms with Crippen molar-refractivity contribution in [3.05, 3.63) is 0 Å². The highest BCUT2D eigenvalue weighted by Gasteiger charge is 2.02. The molecule has 0 amide bonds. The van der Waals surface area contributed by atoms with Crippen LogP contribution in [0, 0.1) is 5.92 Å². The Labute approximate surface area is 164 Å². The van der Waals surface area contributed by atoms with Crippen LogP contribution in [-0.4, -0.2) is 12.6 Å². The summed E-state index contributed by atoms with van der Waals surface area (Å²) in [5, 5.41) is 0. The minimum Gasteiger partial charge on any atom is -0.466 e. The van der Waals surface area contributed by atoms with Crippen LogP contribution in [0.4, 0.5) is 0 Å². The Morgan fingerprint density at radius 1 is 0.654 bits per heavy atom. The number of carbonyl (C=O) groups is 1. The molecule has 0 aliphatic heterocycles. The minimum absolute atomic E-state index is 0.0110. The maximum Gasteiger partial charge on any atom is 0.305 e. The van der Waals surface area contributed by atoms with E-state index < -0.39 is 0 Å². The van der Waals surface area contributed by atoms with E-state index >= 15 is 0 Å². The molecule has 2 nitrogen and oxygen atoms in total. The molecule has 2 heteroatoms. The fourth-order valence-electron chi connectivity index (χ4n) is 3.38. The SMILES string of the molecule is CCCCCCCCCCCCCCCC(=O)OCCCCCC(C)C. The number of unbranched alkanes of at least 4 members (excludes halogenated alkanes) is 14. The van der Waals surface area contributed by atoms with Crippen molar-refractivity contribution in [1.82, 2.24) is 0 Å². The maximum absolute atomic E-state index is 11.7. The van der Waals surface area contributed by atoms with Gasteiger partial charge in [-0.3, -0.25) is 4.79 Å². The van der Waals surface area contributed by atoms with Gasteiger partial charge in [-0.25, -0.2) is 0 Å². The molecule has 0 heterocycles. The predicted octanol–water partition coefficient (Wildman–Crippen LogP) is 8.23. The molecule has 0 saturated carbocycles. The number of hydrogen-bond acceptors (Lipinski definition) is 2. The Hall–Kier alpha value is -0.530. The summed E-state index contributed by atoms with van der Waals surface area (Å²) in [5.74, 6) is 0.796. The molecule has 26 heavy (non-hydrogen) atoms. The lowest BCUT2D eigenvalue weighted by atomic mass is 10.0. The van der Waals surface area contributed by atoms with Gasteiger partial charge in [0.1, 0.15) is 0 Å². The summed E-state index contributed by atoms with van der Waals surface area (Å²) in [4.78, 5) is 11.7. The van der Waals surface area contributed by atoms with Gasteiger partial charge in [-0.05, 0) is 18.8 Å². The van der Waals surface area contributed by atoms with Crippen LogP contribution < -0.4 is 0 Å². The van der Waals surface area contributed by atoms with Crippen molar-refractivity contribution in [1.29, 1.82) is 0 Å². The second kappa shape index (κ2) is 20.8. The van der Waals surface area contributed by atoms with E-state index in [0.29, 0.717) is 13.0 Å². The first-order valence-corrected chi connectivity index (χ1v) is 11.8. The third-order valence-electron chi connectivity index (χ3n) is 5.17. The zero-order chi connectivity index (χ0) is 19.3. The average Bonchev–Trinajstić information content (AvgIpc) is 2.61. The molecule has 0 aromatic heterocycles. The van der Waals surface area contributed by atoms with E-state index in [9.17, 15) is 4.79 Å². The molecule has 0 bridgehead atoms. The average molecular weight is 369 g/mol. The van der Waals surface area contributed by atoms with Crippen LogP contribution in [-0.2, 0) is 9.53 Å². The highest BCUT2D eigenvalue weighted by Crippen LogP contribution is 2.13. The van der Waals surface area contributed by atoms with E-state index in [-0.39, 0.29) is 5.97 Å². The van der Waals surface area contributed by atoms with Gasteiger partial charge >= 0.3 is 5.97 Å². The summed E-state index contributed by atoms with van der Waals surface area (Å²) in [7, 11) is 0. The van der Waals surface area contributed by atoms with Crippen LogP contribution in [0.3, 0.4) is 0 Å². The number of hydrogen-bond donors (Lipinski definition) is 0. The molecule has 0 unspecified atom stereocenters. The minimum atomic E-state index is 0.0110. The lowest BCUT2D eigenvalue weighted by Crippen LogP contribution is -2.05. The van der Waals surface area contributed by atoms with Crippen molar-refractivity contribution >= 4 is 5.97 Å². The molecule has 0 saturated heterocycles. The standard InChI is InChI=1S/C24H48O2/c1-4-5-6-7-8-9-10-11-12-13-14-15-18-21-24(25)26-22-19-16-17-20-23(2)3/h23H,4-22H2,1-3H3. The molecular formula is C24H48O2. The van der Waals surface area contributed by atoms with Crippen LogP contribution in [0.25, 0.3) is 0 Å². The van der Waals surface area contributed by atoms with Crippen molar-refractivity contribution in [3.8, 4) is 0 Å². The number of esters is 1. The van der Waals surface area contributed by atoms with Crippen molar-refractivity contribution in [3.63, 3.8) is 0 Å². The topological polar surface area (TPSA) is 26.3 Å². The molecule has 0 N–H and O–H groups in total. The smallest absolute Gasteiger partial charge is 0.305 e. The van der Waals surface area contributed by atoms with E-state index in [4.69, 9.17) is 4.74 Å². The van der Waals surface area contributed by atoms with Crippen molar-refractivity contribution in [2.45, 2.75) is 136 Å². The monoisotopic (exact) mass is 368 g/mol. The molecule has 0 aromatic rings. The summed E-state index contributed by atoms with van der Waals surface area (Å²) in [5.41, 5.74) is 0. The summed E-state index contributed by atoms with van der Waals surface area (Å²) in [6.45, 7) is 7.42. The predicted molar refractivity (Wildman–Crippen MR) is 115 cm³/mol. The van der Waals surface area contributed by atoms with Gasteiger partial charge in [0.15, 0.2) is 0 Å². The quantitative estimate of drug-likeness (QED) is 0.160. The molecule has 0 fully saturated rings. The molecule has 0 aliphatic rings. The zero-order valence-corrected chi connectivity index (χ0v) is 18.3. The number of rotatable bonds is 20. The maximum atomic E-state index is 11.7. The molecule has 0 spiro atoms. The highest BCUT2D eigenvalue weighted by molar-refractivity contribution is 5.69. The Bertz CT molecular complexity index is 286. The lowest BCUT2D eigenvalue weighted by Gasteiger charge is -2.06. The highest BCUT2D eigenvalue weighted by atomic mass is 16.5. The van der Waals surface area contributed by atoms with Crippen LogP contribution in [0.2, 0.25) is 0 Å². The summed E-state index contributed by atoms with van der Waals surface area (Å²) in [6, 6.07) is 0. The van der Waals surface area contributed by atoms with Gasteiger partial charge in [0.05, 0.1) is 6.61 Å². The van der Waals surface area contributed by atoms with Gasteiger partial charge in [-0.2, -0.15) is 0 Å². The van der Waals surface area contributed by atoms with Gasteiger partial charge in [-0.1, -0.05) is 117 Å². The largest absolute Gasteiger partial charge is 0.466 e. The third kappa shape index (κ3) is 21.5. The van der Waals surface area contributed by atoms with Gasteiger partial charge in [-0.15, -0.1) is 0 Å². The summed E-state index contributed by atoms with van der Waals surface area (Å²) in [6.07, 6.45) is 22.8. The van der Waals surface area contributed by atoms with Crippen LogP contribution in [0.5, 0.6) is 0 Å². The molecule has 0 atom stereocenters. The first-order valence-electron chi connectivity index (χ1n) is 11.8. The second-order valence-corrected chi connectivity index (χ2v) is 8.46. The zero-order valence-electron chi connectivity index (χ0n) is 18.3. The Balaban J connectivity index is 3.14. The van der Waals surface area contributed by atoms with Gasteiger partial charge in [0, 0.05) is 6.42 Å². The lowest BCUT2D eigenvalue weighted by molar-refractivity contribution is -0.143. The van der Waals surface area contributed by atoms with Crippen molar-refractivity contribution < 1.29 is 9.53 Å². The third-order valence-corrected chi connectivity index (χ3v) is 5.17. The van der Waals surface area contributed by atoms with Crippen molar-refractivity contribution in [2.75, 3.05) is 6.61 Å². The van der Waals surface area contributed by atoms with Gasteiger partial charge in [0.2, 0.25) is 0 Å². The first kappa shape index (κ1) is 25.5. The molecule has 156 valence electrons. The summed E-state index contributed by atoms with van der Waals surface area (Å²) >= 11 is 0. The molecular weight excluding hydrogens is 320 g/mol. The number of carbonyl (C=O) groups excluding carboxylic acids is 1. The van der Waals surface area contributed by atoms with Crippen molar-refractivity contribution in [2.24, 2.45) is 5.92 Å². The first-order chi connectivity index (χ1) is 12.7. The van der Waals surface area contributed by atoms with E-state index in [1.54, 1.807) is 0 Å². The van der Waals surface area contributed by atoms with E-state index in [2.05, 4.69) is 20.8 Å². The van der Waals surface area contributed by atoms with E-state index in [1.165, 1.54) is 96.3 Å². The molecule has 0 radical (unpaired) electrons. The molecule has 0 aliphatic carbocycles. The van der Waals surface area contributed by atoms with Crippen LogP contribution in [0.1, 0.15) is 136 Å². The van der Waals surface area contributed by atoms with Gasteiger partial charge in [0.25, 0.3) is 0 Å². The van der Waals surface area contributed by atoms with E-state index in [1.807, 2.05) is 0 Å². The fraction of sp³-hybridized carbons (Fsp3) is 0.958. The normalized spacial score (nSPS) is 11.2. The second-order valence-electron chi connectivity index (χ2n) is 8.46. The van der Waals surface area contributed by atoms with E-state index in [0.717, 1.165) is 18.8 Å². The fourth-order valence-corrected chi connectivity index (χ4v) is 3.38. The number of ether oxygens (including phenoxy) is 1.